The number of carboxylic acid groups (broad SMARTS) is 1. The first-order valence-electron chi connectivity index (χ1n) is 3.61. The third-order valence-corrected chi connectivity index (χ3v) is 2.55. The van der Waals surface area contributed by atoms with Crippen molar-refractivity contribution in [3.8, 4) is 0 Å². The van der Waals surface area contributed by atoms with Crippen LogP contribution in [0.3, 0.4) is 0 Å². The molecule has 70 valence electrons. The number of hydrogen-bond acceptors (Lipinski definition) is 1. The highest BCUT2D eigenvalue weighted by atomic mass is 19.4. The fourth-order valence-electron chi connectivity index (χ4n) is 1.33. The maximum Gasteiger partial charge on any atom is 0.395 e. The second kappa shape index (κ2) is 2.37. The van der Waals surface area contributed by atoms with Crippen LogP contribution in [-0.2, 0) is 4.79 Å². The molecule has 0 aliphatic heterocycles. The average Bonchev–Trinajstić information content (AvgIpc) is 2.62. The molecule has 1 N–H and O–H groups in total. The molecule has 1 unspecified atom stereocenters. The highest BCUT2D eigenvalue weighted by Crippen LogP contribution is 2.62. The number of alkyl halides is 3. The molecule has 0 aromatic carbocycles. The standard InChI is InChI=1S/C7H9F3O2/c1-4(5(11)12)6(2-3-6)7(8,9)10/h4H,2-3H2,1H3,(H,11,12). The molecule has 0 radical (unpaired) electrons. The van der Waals surface area contributed by atoms with Gasteiger partial charge in [0.15, 0.2) is 0 Å². The molecular weight excluding hydrogens is 173 g/mol. The number of rotatable bonds is 2. The second-order valence-corrected chi connectivity index (χ2v) is 3.21. The maximum atomic E-state index is 12.2. The molecule has 1 aliphatic rings. The van der Waals surface area contributed by atoms with Crippen LogP contribution in [0.25, 0.3) is 0 Å². The van der Waals surface area contributed by atoms with E-state index in [1.807, 2.05) is 0 Å². The van der Waals surface area contributed by atoms with E-state index in [-0.39, 0.29) is 12.8 Å². The molecule has 1 fully saturated rings. The summed E-state index contributed by atoms with van der Waals surface area (Å²) in [7, 11) is 0. The zero-order valence-corrected chi connectivity index (χ0v) is 6.48. The largest absolute Gasteiger partial charge is 0.481 e. The van der Waals surface area contributed by atoms with Gasteiger partial charge in [-0.1, -0.05) is 6.92 Å². The Hall–Kier alpha value is -0.740. The smallest absolute Gasteiger partial charge is 0.395 e. The number of carbonyl (C=O) groups is 1. The lowest BCUT2D eigenvalue weighted by molar-refractivity contribution is -0.206. The highest BCUT2D eigenvalue weighted by molar-refractivity contribution is 5.71. The van der Waals surface area contributed by atoms with Gasteiger partial charge in [0.1, 0.15) is 0 Å². The Labute approximate surface area is 67.4 Å². The minimum atomic E-state index is -4.37. The lowest BCUT2D eigenvalue weighted by atomic mass is 9.90. The van der Waals surface area contributed by atoms with Gasteiger partial charge in [-0.15, -0.1) is 0 Å². The van der Waals surface area contributed by atoms with Crippen molar-refractivity contribution in [3.05, 3.63) is 0 Å². The minimum absolute atomic E-state index is 0.0516. The Bertz CT molecular complexity index is 205. The van der Waals surface area contributed by atoms with Crippen molar-refractivity contribution in [2.75, 3.05) is 0 Å². The Kier molecular flexibility index (Phi) is 1.85. The number of aliphatic carboxylic acids is 1. The summed E-state index contributed by atoms with van der Waals surface area (Å²) in [4.78, 5) is 10.3. The van der Waals surface area contributed by atoms with Crippen LogP contribution in [0.1, 0.15) is 19.8 Å². The van der Waals surface area contributed by atoms with Crippen LogP contribution in [-0.4, -0.2) is 17.3 Å². The van der Waals surface area contributed by atoms with Crippen molar-refractivity contribution in [2.24, 2.45) is 11.3 Å². The van der Waals surface area contributed by atoms with Crippen LogP contribution >= 0.6 is 0 Å². The molecule has 0 heterocycles. The summed E-state index contributed by atoms with van der Waals surface area (Å²) in [5.41, 5.74) is -1.93. The van der Waals surface area contributed by atoms with E-state index >= 15 is 0 Å². The first-order valence-corrected chi connectivity index (χ1v) is 3.61. The quantitative estimate of drug-likeness (QED) is 0.709. The van der Waals surface area contributed by atoms with E-state index in [2.05, 4.69) is 0 Å². The monoisotopic (exact) mass is 182 g/mol. The molecular formula is C7H9F3O2. The van der Waals surface area contributed by atoms with Crippen LogP contribution in [0.15, 0.2) is 0 Å². The summed E-state index contributed by atoms with van der Waals surface area (Å²) >= 11 is 0. The van der Waals surface area contributed by atoms with E-state index < -0.39 is 23.5 Å². The van der Waals surface area contributed by atoms with E-state index in [9.17, 15) is 18.0 Å². The molecule has 1 aliphatic carbocycles. The lowest BCUT2D eigenvalue weighted by Crippen LogP contribution is -2.35. The minimum Gasteiger partial charge on any atom is -0.481 e. The van der Waals surface area contributed by atoms with Crippen LogP contribution in [0.2, 0.25) is 0 Å². The van der Waals surface area contributed by atoms with Crippen molar-refractivity contribution in [3.63, 3.8) is 0 Å². The molecule has 0 amide bonds. The molecule has 0 saturated heterocycles. The van der Waals surface area contributed by atoms with E-state index in [0.717, 1.165) is 6.92 Å². The summed E-state index contributed by atoms with van der Waals surface area (Å²) in [6.07, 6.45) is -4.47. The van der Waals surface area contributed by atoms with E-state index in [0.29, 0.717) is 0 Å². The molecule has 5 heteroatoms. The Morgan fingerprint density at radius 1 is 1.50 bits per heavy atom. The van der Waals surface area contributed by atoms with Gasteiger partial charge in [-0.05, 0) is 12.8 Å². The molecule has 2 nitrogen and oxygen atoms in total. The Balaban J connectivity index is 2.80. The van der Waals surface area contributed by atoms with Crippen molar-refractivity contribution < 1.29 is 23.1 Å². The first-order chi connectivity index (χ1) is 5.31. The molecule has 1 saturated carbocycles. The number of hydrogen-bond donors (Lipinski definition) is 1. The SMILES string of the molecule is CC(C(=O)O)C1(C(F)(F)F)CC1. The average molecular weight is 182 g/mol. The van der Waals surface area contributed by atoms with Gasteiger partial charge in [0.25, 0.3) is 0 Å². The predicted octanol–water partition coefficient (Wildman–Crippen LogP) is 2.05. The fraction of sp³-hybridized carbons (Fsp3) is 0.857. The lowest BCUT2D eigenvalue weighted by Gasteiger charge is -2.22. The van der Waals surface area contributed by atoms with Crippen LogP contribution in [0.5, 0.6) is 0 Å². The third kappa shape index (κ3) is 1.17. The Morgan fingerprint density at radius 2 is 1.92 bits per heavy atom. The normalized spacial score (nSPS) is 23.3. The van der Waals surface area contributed by atoms with E-state index in [4.69, 9.17) is 5.11 Å². The third-order valence-electron chi connectivity index (χ3n) is 2.55. The van der Waals surface area contributed by atoms with Crippen molar-refractivity contribution >= 4 is 5.97 Å². The maximum absolute atomic E-state index is 12.2. The Morgan fingerprint density at radius 3 is 2.00 bits per heavy atom. The van der Waals surface area contributed by atoms with Gasteiger partial charge in [-0.2, -0.15) is 13.2 Å². The molecule has 0 bridgehead atoms. The summed E-state index contributed by atoms with van der Waals surface area (Å²) < 4.78 is 36.7. The summed E-state index contributed by atoms with van der Waals surface area (Å²) in [6.45, 7) is 1.11. The highest BCUT2D eigenvalue weighted by Gasteiger charge is 2.67. The second-order valence-electron chi connectivity index (χ2n) is 3.21. The summed E-state index contributed by atoms with van der Waals surface area (Å²) in [5, 5.41) is 8.42. The molecule has 1 atom stereocenters. The topological polar surface area (TPSA) is 37.3 Å². The van der Waals surface area contributed by atoms with E-state index in [1.165, 1.54) is 0 Å². The molecule has 12 heavy (non-hydrogen) atoms. The number of carboxylic acids is 1. The van der Waals surface area contributed by atoms with Gasteiger partial charge in [0.05, 0.1) is 11.3 Å². The first kappa shape index (κ1) is 9.35. The van der Waals surface area contributed by atoms with Gasteiger partial charge in [0, 0.05) is 0 Å². The predicted molar refractivity (Wildman–Crippen MR) is 34.5 cm³/mol. The van der Waals surface area contributed by atoms with Gasteiger partial charge in [-0.3, -0.25) is 4.79 Å². The fourth-order valence-corrected chi connectivity index (χ4v) is 1.33. The zero-order valence-electron chi connectivity index (χ0n) is 6.48. The van der Waals surface area contributed by atoms with Crippen LogP contribution in [0, 0.1) is 11.3 Å². The van der Waals surface area contributed by atoms with Crippen LogP contribution < -0.4 is 0 Å². The van der Waals surface area contributed by atoms with Crippen molar-refractivity contribution in [1.82, 2.24) is 0 Å². The summed E-state index contributed by atoms with van der Waals surface area (Å²) in [5.74, 6) is -2.69. The number of halogens is 3. The zero-order chi connectivity index (χ0) is 9.57. The van der Waals surface area contributed by atoms with E-state index in [1.54, 1.807) is 0 Å². The molecule has 0 aromatic rings. The molecule has 1 rings (SSSR count). The van der Waals surface area contributed by atoms with Gasteiger partial charge in [-0.25, -0.2) is 0 Å². The van der Waals surface area contributed by atoms with Crippen LogP contribution in [0.4, 0.5) is 13.2 Å². The summed E-state index contributed by atoms with van der Waals surface area (Å²) in [6, 6.07) is 0. The van der Waals surface area contributed by atoms with Crippen molar-refractivity contribution in [2.45, 2.75) is 25.9 Å². The van der Waals surface area contributed by atoms with Gasteiger partial charge in [0.2, 0.25) is 0 Å². The van der Waals surface area contributed by atoms with Gasteiger partial charge >= 0.3 is 12.1 Å². The van der Waals surface area contributed by atoms with Gasteiger partial charge < -0.3 is 5.11 Å². The van der Waals surface area contributed by atoms with Crippen molar-refractivity contribution in [1.29, 1.82) is 0 Å². The molecule has 0 spiro atoms. The molecule has 0 aromatic heterocycles.